The van der Waals surface area contributed by atoms with Crippen LogP contribution in [-0.2, 0) is 11.4 Å². The van der Waals surface area contributed by atoms with E-state index in [4.69, 9.17) is 17.5 Å². The monoisotopic (exact) mass is 772 g/mol. The molecule has 0 aliphatic carbocycles. The molecule has 0 spiro atoms. The molecule has 52 heavy (non-hydrogen) atoms. The average molecular weight is 773 g/mol. The second kappa shape index (κ2) is 16.4. The molecule has 2 N–H and O–H groups in total. The highest BCUT2D eigenvalue weighted by Crippen LogP contribution is 2.54. The third-order valence-electron chi connectivity index (χ3n) is 9.64. The van der Waals surface area contributed by atoms with Gasteiger partial charge in [-0.25, -0.2) is 8.78 Å². The topological polar surface area (TPSA) is 74.6 Å². The standard InChI is InChI=1S/C40H42F2N6S4/c1-5-9-11-23(7-3)43-25-13-15-27(29(41)21-25)31-17-19-33(49-31)35-37-39(47-51-45-37)36(40-38(35)46-52-48-40)34-20-18-32(50-34)28-16-14-26(22-30(28)42)44-24(8-4)12-10-6-2/h13-24,43-44H,5-12H2,1-4H3. The summed E-state index contributed by atoms with van der Waals surface area (Å²) in [6.45, 7) is 8.70. The molecule has 0 amide bonds. The molecule has 3 aromatic carbocycles. The quantitative estimate of drug-likeness (QED) is 0.103. The third kappa shape index (κ3) is 7.48. The first-order chi connectivity index (χ1) is 25.4. The Kier molecular flexibility index (Phi) is 11.6. The second-order valence-corrected chi connectivity index (χ2v) is 16.4. The lowest BCUT2D eigenvalue weighted by atomic mass is 10.0. The number of rotatable bonds is 16. The van der Waals surface area contributed by atoms with E-state index in [0.717, 1.165) is 139 Å². The highest BCUT2D eigenvalue weighted by molar-refractivity contribution is 7.58. The van der Waals surface area contributed by atoms with Crippen molar-refractivity contribution in [2.45, 2.75) is 91.1 Å². The van der Waals surface area contributed by atoms with Gasteiger partial charge in [-0.2, -0.15) is 17.5 Å². The van der Waals surface area contributed by atoms with Crippen molar-refractivity contribution in [2.24, 2.45) is 8.73 Å². The number of nitrogens with zero attached hydrogens (tertiary/aromatic N) is 4. The summed E-state index contributed by atoms with van der Waals surface area (Å²) in [5.41, 5.74) is 7.36. The average Bonchev–Trinajstić information content (AvgIpc) is 3.99. The summed E-state index contributed by atoms with van der Waals surface area (Å²) in [7, 11) is 0. The van der Waals surface area contributed by atoms with Gasteiger partial charge in [0, 0.05) is 65.2 Å². The van der Waals surface area contributed by atoms with Gasteiger partial charge in [-0.3, -0.25) is 0 Å². The first-order valence-electron chi connectivity index (χ1n) is 18.2. The smallest absolute Gasteiger partial charge is 0.133 e. The molecule has 7 rings (SSSR count). The molecule has 1 aliphatic heterocycles. The van der Waals surface area contributed by atoms with Crippen LogP contribution in [0.1, 0.15) is 79.1 Å². The lowest BCUT2D eigenvalue weighted by Crippen LogP contribution is -2.18. The molecule has 6 nitrogen and oxygen atoms in total. The van der Waals surface area contributed by atoms with Gasteiger partial charge >= 0.3 is 0 Å². The van der Waals surface area contributed by atoms with Crippen LogP contribution in [0.15, 0.2) is 69.4 Å². The van der Waals surface area contributed by atoms with Crippen LogP contribution in [0.4, 0.5) is 31.5 Å². The Labute approximate surface area is 320 Å². The van der Waals surface area contributed by atoms with Crippen LogP contribution in [-0.4, -0.2) is 20.8 Å². The van der Waals surface area contributed by atoms with Gasteiger partial charge in [0.05, 0.1) is 23.1 Å². The first kappa shape index (κ1) is 36.5. The molecule has 6 aromatic rings. The zero-order chi connectivity index (χ0) is 36.2. The third-order valence-corrected chi connectivity index (χ3v) is 13.0. The Bertz CT molecular complexity index is 2120. The summed E-state index contributed by atoms with van der Waals surface area (Å²) in [5.74, 6) is -0.513. The lowest BCUT2D eigenvalue weighted by Gasteiger charge is -2.18. The van der Waals surface area contributed by atoms with E-state index in [0.29, 0.717) is 23.2 Å². The van der Waals surface area contributed by atoms with E-state index in [9.17, 15) is 0 Å². The summed E-state index contributed by atoms with van der Waals surface area (Å²) >= 11 is 5.31. The van der Waals surface area contributed by atoms with Crippen LogP contribution in [0, 0.1) is 11.6 Å². The molecule has 1 aliphatic rings. The van der Waals surface area contributed by atoms with E-state index in [1.807, 2.05) is 48.5 Å². The molecule has 4 heterocycles. The Morgan fingerprint density at radius 3 is 1.44 bits per heavy atom. The van der Waals surface area contributed by atoms with E-state index < -0.39 is 0 Å². The number of hydrogen-bond donors (Lipinski definition) is 2. The molecule has 0 radical (unpaired) electrons. The van der Waals surface area contributed by atoms with Gasteiger partial charge in [0.1, 0.15) is 34.0 Å². The molecule has 0 saturated carbocycles. The molecule has 0 saturated heterocycles. The van der Waals surface area contributed by atoms with Gasteiger partial charge in [0.2, 0.25) is 0 Å². The van der Waals surface area contributed by atoms with Crippen LogP contribution in [0.25, 0.3) is 52.8 Å². The van der Waals surface area contributed by atoms with Crippen molar-refractivity contribution < 1.29 is 8.78 Å². The number of hydrogen-bond acceptors (Lipinski definition) is 9. The molecule has 270 valence electrons. The van der Waals surface area contributed by atoms with Crippen molar-refractivity contribution in [2.75, 3.05) is 10.6 Å². The van der Waals surface area contributed by atoms with Gasteiger partial charge in [-0.05, 0) is 86.3 Å². The van der Waals surface area contributed by atoms with E-state index in [-0.39, 0.29) is 11.6 Å². The number of halogens is 2. The van der Waals surface area contributed by atoms with Crippen LogP contribution in [0.3, 0.4) is 0 Å². The summed E-state index contributed by atoms with van der Waals surface area (Å²) in [6.07, 6.45) is 8.70. The fourth-order valence-electron chi connectivity index (χ4n) is 6.70. The van der Waals surface area contributed by atoms with Crippen LogP contribution < -0.4 is 10.6 Å². The fraction of sp³-hybridized carbons (Fsp3) is 0.350. The maximum atomic E-state index is 15.6. The van der Waals surface area contributed by atoms with Crippen LogP contribution >= 0.6 is 34.4 Å². The number of aromatic nitrogens is 2. The minimum atomic E-state index is -0.256. The fourth-order valence-corrected chi connectivity index (χ4v) is 9.98. The number of thiophene rings is 2. The van der Waals surface area contributed by atoms with Crippen molar-refractivity contribution in [3.05, 3.63) is 72.3 Å². The first-order valence-corrected chi connectivity index (χ1v) is 21.2. The maximum Gasteiger partial charge on any atom is 0.133 e. The highest BCUT2D eigenvalue weighted by Gasteiger charge is 2.28. The Morgan fingerprint density at radius 2 is 1.04 bits per heavy atom. The van der Waals surface area contributed by atoms with Crippen molar-refractivity contribution >= 4 is 79.5 Å². The second-order valence-electron chi connectivity index (χ2n) is 13.2. The number of nitrogens with one attached hydrogen (secondary N) is 2. The summed E-state index contributed by atoms with van der Waals surface area (Å²) in [6, 6.07) is 19.5. The normalized spacial score (nSPS) is 13.3. The Balaban J connectivity index is 1.18. The summed E-state index contributed by atoms with van der Waals surface area (Å²) in [4.78, 5) is 3.50. The molecule has 2 atom stereocenters. The molecule has 12 heteroatoms. The van der Waals surface area contributed by atoms with Crippen molar-refractivity contribution in [3.8, 4) is 41.8 Å². The molecular formula is C40H42F2N6S4. The van der Waals surface area contributed by atoms with E-state index in [1.165, 1.54) is 22.7 Å². The number of benzene rings is 3. The van der Waals surface area contributed by atoms with Crippen LogP contribution in [0.2, 0.25) is 0 Å². The summed E-state index contributed by atoms with van der Waals surface area (Å²) in [5, 5.41) is 7.02. The molecular weight excluding hydrogens is 731 g/mol. The molecule has 2 unspecified atom stereocenters. The van der Waals surface area contributed by atoms with E-state index >= 15 is 8.78 Å². The maximum absolute atomic E-state index is 15.6. The molecule has 0 bridgehead atoms. The van der Waals surface area contributed by atoms with Gasteiger partial charge in [0.15, 0.2) is 0 Å². The minimum Gasteiger partial charge on any atom is -0.382 e. The van der Waals surface area contributed by atoms with Gasteiger partial charge in [0.25, 0.3) is 0 Å². The van der Waals surface area contributed by atoms with E-state index in [1.54, 1.807) is 12.1 Å². The summed E-state index contributed by atoms with van der Waals surface area (Å²) < 4.78 is 50.1. The SMILES string of the molecule is CCCCC(CC)Nc1ccc(-c2ccc(-c3c4c(c(-c5ccc(-c6ccc(NC(CC)CCCC)cc6F)s5)c5nsnc35)N=S=N4)s2)c(F)c1. The molecule has 0 fully saturated rings. The lowest BCUT2D eigenvalue weighted by molar-refractivity contribution is 0.591. The van der Waals surface area contributed by atoms with Gasteiger partial charge in [-0.1, -0.05) is 53.4 Å². The predicted octanol–water partition coefficient (Wildman–Crippen LogP) is 14.2. The Hall–Kier alpha value is -3.84. The predicted molar refractivity (Wildman–Crippen MR) is 221 cm³/mol. The zero-order valence-electron chi connectivity index (χ0n) is 29.8. The number of unbranched alkanes of at least 4 members (excludes halogenated alkanes) is 2. The minimum absolute atomic E-state index is 0.256. The number of anilines is 2. The van der Waals surface area contributed by atoms with Crippen molar-refractivity contribution in [3.63, 3.8) is 0 Å². The van der Waals surface area contributed by atoms with E-state index in [2.05, 4.69) is 38.3 Å². The highest BCUT2D eigenvalue weighted by atomic mass is 32.1. The van der Waals surface area contributed by atoms with Gasteiger partial charge < -0.3 is 10.6 Å². The van der Waals surface area contributed by atoms with Crippen molar-refractivity contribution in [1.29, 1.82) is 0 Å². The largest absolute Gasteiger partial charge is 0.382 e. The number of fused-ring (bicyclic) bond motifs is 2. The zero-order valence-corrected chi connectivity index (χ0v) is 33.0. The Morgan fingerprint density at radius 1 is 0.596 bits per heavy atom. The van der Waals surface area contributed by atoms with Gasteiger partial charge in [-0.15, -0.1) is 22.7 Å². The van der Waals surface area contributed by atoms with Crippen LogP contribution in [0.5, 0.6) is 0 Å². The molecule has 3 aromatic heterocycles. The van der Waals surface area contributed by atoms with Crippen molar-refractivity contribution in [1.82, 2.24) is 8.75 Å².